The van der Waals surface area contributed by atoms with E-state index in [2.05, 4.69) is 54.0 Å². The third-order valence-electron chi connectivity index (χ3n) is 8.69. The SMILES string of the molecule is CC(CCCCN(C)C1CC2CCC1C2)NC(=O)CNC(=O)C(C)NC(=O)CNC(=O)c1ccc(C(C)(C)C)cc1. The van der Waals surface area contributed by atoms with Gasteiger partial charge in [0, 0.05) is 17.6 Å². The second-order valence-corrected chi connectivity index (χ2v) is 13.2. The maximum atomic E-state index is 12.4. The van der Waals surface area contributed by atoms with Crippen molar-refractivity contribution in [2.24, 2.45) is 11.8 Å². The van der Waals surface area contributed by atoms with Gasteiger partial charge >= 0.3 is 0 Å². The van der Waals surface area contributed by atoms with E-state index in [4.69, 9.17) is 0 Å². The summed E-state index contributed by atoms with van der Waals surface area (Å²) < 4.78 is 0. The molecule has 9 heteroatoms. The van der Waals surface area contributed by atoms with Crippen LogP contribution >= 0.6 is 0 Å². The molecule has 3 rings (SSSR count). The highest BCUT2D eigenvalue weighted by molar-refractivity contribution is 5.97. The molecule has 0 spiro atoms. The zero-order valence-corrected chi connectivity index (χ0v) is 25.8. The van der Waals surface area contributed by atoms with Gasteiger partial charge in [-0.05, 0) is 94.5 Å². The van der Waals surface area contributed by atoms with Crippen LogP contribution in [0.5, 0.6) is 0 Å². The van der Waals surface area contributed by atoms with Crippen LogP contribution in [0.2, 0.25) is 0 Å². The molecule has 41 heavy (non-hydrogen) atoms. The number of nitrogens with one attached hydrogen (secondary N) is 4. The summed E-state index contributed by atoms with van der Waals surface area (Å²) in [4.78, 5) is 51.8. The molecular formula is C32H51N5O4. The smallest absolute Gasteiger partial charge is 0.251 e. The molecule has 2 aliphatic carbocycles. The van der Waals surface area contributed by atoms with E-state index in [9.17, 15) is 19.2 Å². The Balaban J connectivity index is 1.25. The molecule has 4 N–H and O–H groups in total. The molecule has 2 bridgehead atoms. The second-order valence-electron chi connectivity index (χ2n) is 13.2. The van der Waals surface area contributed by atoms with Crippen molar-refractivity contribution in [2.75, 3.05) is 26.7 Å². The van der Waals surface area contributed by atoms with E-state index in [0.29, 0.717) is 5.56 Å². The zero-order chi connectivity index (χ0) is 30.2. The van der Waals surface area contributed by atoms with E-state index in [1.807, 2.05) is 19.1 Å². The van der Waals surface area contributed by atoms with Gasteiger partial charge in [-0.1, -0.05) is 45.7 Å². The van der Waals surface area contributed by atoms with Crippen LogP contribution in [0, 0.1) is 11.8 Å². The van der Waals surface area contributed by atoms with Gasteiger partial charge in [0.2, 0.25) is 17.7 Å². The minimum absolute atomic E-state index is 0.0182. The van der Waals surface area contributed by atoms with Crippen LogP contribution in [0.15, 0.2) is 24.3 Å². The number of hydrogen-bond acceptors (Lipinski definition) is 5. The van der Waals surface area contributed by atoms with Crippen molar-refractivity contribution in [3.63, 3.8) is 0 Å². The molecule has 0 saturated heterocycles. The highest BCUT2D eigenvalue weighted by atomic mass is 16.2. The van der Waals surface area contributed by atoms with Gasteiger partial charge in [-0.3, -0.25) is 19.2 Å². The van der Waals surface area contributed by atoms with Gasteiger partial charge in [0.1, 0.15) is 6.04 Å². The third kappa shape index (κ3) is 10.1. The largest absolute Gasteiger partial charge is 0.352 e. The van der Waals surface area contributed by atoms with E-state index in [1.165, 1.54) is 32.6 Å². The molecule has 2 aliphatic rings. The van der Waals surface area contributed by atoms with Gasteiger partial charge in [-0.15, -0.1) is 0 Å². The van der Waals surface area contributed by atoms with E-state index in [-0.39, 0.29) is 36.4 Å². The number of amides is 4. The summed E-state index contributed by atoms with van der Waals surface area (Å²) in [6, 6.07) is 7.20. The van der Waals surface area contributed by atoms with Crippen LogP contribution in [0.4, 0.5) is 0 Å². The van der Waals surface area contributed by atoms with Crippen LogP contribution in [-0.2, 0) is 19.8 Å². The fourth-order valence-corrected chi connectivity index (χ4v) is 6.19. The summed E-state index contributed by atoms with van der Waals surface area (Å²) in [5, 5.41) is 10.6. The minimum atomic E-state index is -0.845. The highest BCUT2D eigenvalue weighted by Crippen LogP contribution is 2.46. The topological polar surface area (TPSA) is 120 Å². The van der Waals surface area contributed by atoms with Crippen LogP contribution < -0.4 is 21.3 Å². The molecule has 2 saturated carbocycles. The minimum Gasteiger partial charge on any atom is -0.352 e. The van der Waals surface area contributed by atoms with Gasteiger partial charge in [0.15, 0.2) is 0 Å². The molecule has 1 aromatic rings. The predicted octanol–water partition coefficient (Wildman–Crippen LogP) is 3.13. The predicted molar refractivity (Wildman–Crippen MR) is 161 cm³/mol. The number of fused-ring (bicyclic) bond motifs is 2. The lowest BCUT2D eigenvalue weighted by Crippen LogP contribution is -2.50. The molecule has 4 amide bonds. The van der Waals surface area contributed by atoms with Gasteiger partial charge in [-0.25, -0.2) is 0 Å². The standard InChI is InChI=1S/C32H51N5O4/c1-21(9-7-8-16-37(6)27-18-23-10-11-25(27)17-23)35-28(38)19-33-30(40)22(2)36-29(39)20-34-31(41)24-12-14-26(15-13-24)32(3,4)5/h12-15,21-23,25,27H,7-11,16-20H2,1-6H3,(H,33,40)(H,34,41)(H,35,38)(H,36,39). The van der Waals surface area contributed by atoms with Crippen molar-refractivity contribution < 1.29 is 19.2 Å². The van der Waals surface area contributed by atoms with Gasteiger partial charge in [0.05, 0.1) is 13.1 Å². The lowest BCUT2D eigenvalue weighted by atomic mass is 9.87. The van der Waals surface area contributed by atoms with Gasteiger partial charge in [0.25, 0.3) is 5.91 Å². The summed E-state index contributed by atoms with van der Waals surface area (Å²) in [5.41, 5.74) is 1.55. The molecule has 0 aliphatic heterocycles. The Kier molecular flexibility index (Phi) is 11.8. The third-order valence-corrected chi connectivity index (χ3v) is 8.69. The number of hydrogen-bond donors (Lipinski definition) is 4. The number of nitrogens with zero attached hydrogens (tertiary/aromatic N) is 1. The molecule has 5 atom stereocenters. The van der Waals surface area contributed by atoms with Crippen molar-refractivity contribution >= 4 is 23.6 Å². The Hall–Kier alpha value is -2.94. The number of carbonyl (C=O) groups excluding carboxylic acids is 4. The van der Waals surface area contributed by atoms with Crippen LogP contribution in [-0.4, -0.2) is 73.3 Å². The summed E-state index contributed by atoms with van der Waals surface area (Å²) in [7, 11) is 2.26. The average Bonchev–Trinajstić information content (AvgIpc) is 3.56. The summed E-state index contributed by atoms with van der Waals surface area (Å²) in [6.45, 7) is 10.5. The first-order valence-electron chi connectivity index (χ1n) is 15.3. The average molecular weight is 570 g/mol. The maximum absolute atomic E-state index is 12.4. The van der Waals surface area contributed by atoms with Crippen molar-refractivity contribution in [3.8, 4) is 0 Å². The van der Waals surface area contributed by atoms with Crippen molar-refractivity contribution in [2.45, 2.75) is 103 Å². The van der Waals surface area contributed by atoms with Crippen molar-refractivity contribution in [1.29, 1.82) is 0 Å². The normalized spacial score (nSPS) is 21.3. The molecule has 5 unspecified atom stereocenters. The van der Waals surface area contributed by atoms with E-state index >= 15 is 0 Å². The lowest BCUT2D eigenvalue weighted by Gasteiger charge is -2.31. The first kappa shape index (κ1) is 32.6. The molecular weight excluding hydrogens is 518 g/mol. The number of unbranched alkanes of at least 4 members (excludes halogenated alkanes) is 1. The van der Waals surface area contributed by atoms with Crippen molar-refractivity contribution in [3.05, 3.63) is 35.4 Å². The fourth-order valence-electron chi connectivity index (χ4n) is 6.19. The van der Waals surface area contributed by atoms with Gasteiger partial charge in [-0.2, -0.15) is 0 Å². The van der Waals surface area contributed by atoms with Crippen LogP contribution in [0.3, 0.4) is 0 Å². The van der Waals surface area contributed by atoms with Crippen LogP contribution in [0.25, 0.3) is 0 Å². The van der Waals surface area contributed by atoms with Crippen LogP contribution in [0.1, 0.15) is 95.5 Å². The number of rotatable bonds is 14. The van der Waals surface area contributed by atoms with Crippen molar-refractivity contribution in [1.82, 2.24) is 26.2 Å². The Morgan fingerprint density at radius 2 is 1.56 bits per heavy atom. The molecule has 0 heterocycles. The molecule has 0 radical (unpaired) electrons. The van der Waals surface area contributed by atoms with E-state index < -0.39 is 17.9 Å². The Labute approximate surface area is 246 Å². The molecule has 0 aromatic heterocycles. The summed E-state index contributed by atoms with van der Waals surface area (Å²) >= 11 is 0. The Morgan fingerprint density at radius 3 is 2.17 bits per heavy atom. The second kappa shape index (κ2) is 14.8. The monoisotopic (exact) mass is 569 g/mol. The molecule has 9 nitrogen and oxygen atoms in total. The summed E-state index contributed by atoms with van der Waals surface area (Å²) in [6.07, 6.45) is 8.66. The quantitative estimate of drug-likeness (QED) is 0.257. The molecule has 228 valence electrons. The van der Waals surface area contributed by atoms with Gasteiger partial charge < -0.3 is 26.2 Å². The van der Waals surface area contributed by atoms with E-state index in [0.717, 1.165) is 49.2 Å². The molecule has 2 fully saturated rings. The molecule has 1 aromatic carbocycles. The fraction of sp³-hybridized carbons (Fsp3) is 0.688. The number of carbonyl (C=O) groups is 4. The Bertz CT molecular complexity index is 1050. The first-order valence-corrected chi connectivity index (χ1v) is 15.3. The highest BCUT2D eigenvalue weighted by Gasteiger charge is 2.40. The Morgan fingerprint density at radius 1 is 0.902 bits per heavy atom. The maximum Gasteiger partial charge on any atom is 0.251 e. The number of benzene rings is 1. The lowest BCUT2D eigenvalue weighted by molar-refractivity contribution is -0.129. The first-order chi connectivity index (χ1) is 19.3. The van der Waals surface area contributed by atoms with E-state index in [1.54, 1.807) is 12.1 Å². The summed E-state index contributed by atoms with van der Waals surface area (Å²) in [5.74, 6) is 0.282. The zero-order valence-electron chi connectivity index (χ0n) is 25.8.